The number of hydrogen-bond acceptors (Lipinski definition) is 5. The highest BCUT2D eigenvalue weighted by molar-refractivity contribution is 7.89. The summed E-state index contributed by atoms with van der Waals surface area (Å²) in [4.78, 5) is 26.6. The molecule has 0 saturated carbocycles. The van der Waals surface area contributed by atoms with Crippen LogP contribution in [-0.4, -0.2) is 37.6 Å². The van der Waals surface area contributed by atoms with Crippen LogP contribution in [0.5, 0.6) is 0 Å². The van der Waals surface area contributed by atoms with E-state index in [1.54, 1.807) is 0 Å². The Bertz CT molecular complexity index is 1080. The zero-order valence-electron chi connectivity index (χ0n) is 16.9. The van der Waals surface area contributed by atoms with Crippen LogP contribution in [0.4, 0.5) is 0 Å². The van der Waals surface area contributed by atoms with E-state index in [2.05, 4.69) is 10.9 Å². The van der Waals surface area contributed by atoms with Crippen molar-refractivity contribution in [2.24, 2.45) is 0 Å². The molecule has 31 heavy (non-hydrogen) atoms. The number of amides is 2. The van der Waals surface area contributed by atoms with Crippen LogP contribution in [0.3, 0.4) is 0 Å². The number of hydrazine groups is 1. The van der Waals surface area contributed by atoms with Crippen molar-refractivity contribution < 1.29 is 18.0 Å². The second-order valence-electron chi connectivity index (χ2n) is 7.78. The summed E-state index contributed by atoms with van der Waals surface area (Å²) in [5, 5.41) is 0.0675. The molecule has 7 nitrogen and oxygen atoms in total. The Morgan fingerprint density at radius 3 is 2.35 bits per heavy atom. The molecule has 1 aromatic heterocycles. The van der Waals surface area contributed by atoms with E-state index in [9.17, 15) is 18.0 Å². The lowest BCUT2D eigenvalue weighted by molar-refractivity contribution is 0.0848. The summed E-state index contributed by atoms with van der Waals surface area (Å²) < 4.78 is 27.6. The van der Waals surface area contributed by atoms with Crippen LogP contribution in [-0.2, 0) is 22.9 Å². The van der Waals surface area contributed by atoms with Crippen molar-refractivity contribution in [1.29, 1.82) is 0 Å². The van der Waals surface area contributed by atoms with Crippen molar-refractivity contribution >= 4 is 44.8 Å². The van der Waals surface area contributed by atoms with Crippen molar-refractivity contribution in [1.82, 2.24) is 15.2 Å². The van der Waals surface area contributed by atoms with Gasteiger partial charge in [-0.2, -0.15) is 4.31 Å². The van der Waals surface area contributed by atoms with Gasteiger partial charge in [0.1, 0.15) is 4.90 Å². The molecule has 4 rings (SSSR count). The second kappa shape index (κ2) is 9.28. The molecule has 0 spiro atoms. The van der Waals surface area contributed by atoms with Crippen LogP contribution < -0.4 is 10.9 Å². The van der Waals surface area contributed by atoms with E-state index in [1.807, 2.05) is 6.07 Å². The van der Waals surface area contributed by atoms with Crippen molar-refractivity contribution in [2.45, 2.75) is 49.8 Å². The van der Waals surface area contributed by atoms with Gasteiger partial charge in [0.25, 0.3) is 11.8 Å². The van der Waals surface area contributed by atoms with E-state index in [4.69, 9.17) is 11.6 Å². The van der Waals surface area contributed by atoms with Gasteiger partial charge in [-0.25, -0.2) is 8.42 Å². The van der Waals surface area contributed by atoms with E-state index in [0.717, 1.165) is 44.9 Å². The second-order valence-corrected chi connectivity index (χ2v) is 11.2. The molecule has 0 unspecified atom stereocenters. The maximum absolute atomic E-state index is 13.1. The van der Waals surface area contributed by atoms with Crippen molar-refractivity contribution in [3.8, 4) is 0 Å². The summed E-state index contributed by atoms with van der Waals surface area (Å²) in [6.45, 7) is 0.881. The first-order chi connectivity index (χ1) is 14.9. The number of nitrogens with zero attached hydrogens (tertiary/aromatic N) is 1. The molecule has 1 aliphatic heterocycles. The van der Waals surface area contributed by atoms with Gasteiger partial charge in [-0.1, -0.05) is 24.4 Å². The van der Waals surface area contributed by atoms with E-state index >= 15 is 0 Å². The minimum Gasteiger partial charge on any atom is -0.267 e. The van der Waals surface area contributed by atoms with Crippen LogP contribution in [0, 0.1) is 0 Å². The predicted molar refractivity (Wildman–Crippen MR) is 120 cm³/mol. The average molecular weight is 482 g/mol. The molecule has 1 aliphatic carbocycles. The summed E-state index contributed by atoms with van der Waals surface area (Å²) in [6.07, 6.45) is 6.66. The fraction of sp³-hybridized carbons (Fsp3) is 0.429. The summed E-state index contributed by atoms with van der Waals surface area (Å²) in [5.74, 6) is -0.999. The van der Waals surface area contributed by atoms with Gasteiger partial charge in [0.15, 0.2) is 0 Å². The third kappa shape index (κ3) is 4.79. The van der Waals surface area contributed by atoms with Crippen molar-refractivity contribution in [3.63, 3.8) is 0 Å². The van der Waals surface area contributed by atoms with Gasteiger partial charge in [-0.3, -0.25) is 20.4 Å². The highest BCUT2D eigenvalue weighted by atomic mass is 35.5. The number of halogens is 1. The molecule has 2 aromatic rings. The normalized spacial score (nSPS) is 17.1. The first-order valence-electron chi connectivity index (χ1n) is 10.4. The highest BCUT2D eigenvalue weighted by Gasteiger charge is 2.28. The Morgan fingerprint density at radius 2 is 1.65 bits per heavy atom. The Labute approximate surface area is 190 Å². The Morgan fingerprint density at radius 1 is 0.935 bits per heavy atom. The SMILES string of the molecule is O=C(NNC(=O)c1cc2c(s1)CCC2)c1ccc(Cl)c(S(=O)(=O)N2CCCCCC2)c1. The Hall–Kier alpha value is -1.94. The number of rotatable bonds is 4. The van der Waals surface area contributed by atoms with Gasteiger partial charge < -0.3 is 0 Å². The molecule has 0 atom stereocenters. The number of benzene rings is 1. The summed E-state index contributed by atoms with van der Waals surface area (Å²) in [6, 6.07) is 5.96. The third-order valence-electron chi connectivity index (χ3n) is 5.64. The summed E-state index contributed by atoms with van der Waals surface area (Å²) in [5.41, 5.74) is 6.08. The zero-order chi connectivity index (χ0) is 22.0. The quantitative estimate of drug-likeness (QED) is 0.653. The topological polar surface area (TPSA) is 95.6 Å². The number of carbonyl (C=O) groups is 2. The number of fused-ring (bicyclic) bond motifs is 1. The molecule has 0 radical (unpaired) electrons. The van der Waals surface area contributed by atoms with Crippen LogP contribution in [0.1, 0.15) is 62.6 Å². The third-order valence-corrected chi connectivity index (χ3v) is 9.25. The van der Waals surface area contributed by atoms with Crippen LogP contribution in [0.25, 0.3) is 0 Å². The van der Waals surface area contributed by atoms with E-state index in [0.29, 0.717) is 18.0 Å². The molecular formula is C21H24ClN3O4S2. The average Bonchev–Trinajstić information content (AvgIpc) is 3.24. The molecule has 2 aliphatic rings. The fourth-order valence-corrected chi connectivity index (χ4v) is 7.12. The van der Waals surface area contributed by atoms with Gasteiger partial charge in [-0.15, -0.1) is 11.3 Å². The standard InChI is InChI=1S/C21H24ClN3O4S2/c22-16-9-8-15(13-19(16)31(28,29)25-10-3-1-2-4-11-25)20(26)23-24-21(27)18-12-14-6-5-7-17(14)30-18/h8-9,12-13H,1-7,10-11H2,(H,23,26)(H,24,27). The molecule has 2 heterocycles. The van der Waals surface area contributed by atoms with E-state index < -0.39 is 15.9 Å². The van der Waals surface area contributed by atoms with Crippen LogP contribution in [0.15, 0.2) is 29.2 Å². The molecule has 1 saturated heterocycles. The minimum absolute atomic E-state index is 0.0675. The lowest BCUT2D eigenvalue weighted by Gasteiger charge is -2.21. The van der Waals surface area contributed by atoms with Gasteiger partial charge in [0.05, 0.1) is 9.90 Å². The molecule has 1 fully saturated rings. The summed E-state index contributed by atoms with van der Waals surface area (Å²) >= 11 is 7.62. The molecule has 2 amide bonds. The Balaban J connectivity index is 1.46. The lowest BCUT2D eigenvalue weighted by atomic mass is 10.2. The molecule has 166 valence electrons. The smallest absolute Gasteiger partial charge is 0.267 e. The number of aryl methyl sites for hydroxylation is 2. The van der Waals surface area contributed by atoms with Gasteiger partial charge in [-0.05, 0) is 61.9 Å². The highest BCUT2D eigenvalue weighted by Crippen LogP contribution is 2.30. The first kappa shape index (κ1) is 22.3. The monoisotopic (exact) mass is 481 g/mol. The minimum atomic E-state index is -3.81. The van der Waals surface area contributed by atoms with Gasteiger partial charge in [0.2, 0.25) is 10.0 Å². The molecule has 1 aromatic carbocycles. The van der Waals surface area contributed by atoms with Gasteiger partial charge in [0, 0.05) is 23.5 Å². The zero-order valence-corrected chi connectivity index (χ0v) is 19.3. The van der Waals surface area contributed by atoms with Crippen molar-refractivity contribution in [2.75, 3.05) is 13.1 Å². The van der Waals surface area contributed by atoms with E-state index in [1.165, 1.54) is 44.3 Å². The molecule has 10 heteroatoms. The predicted octanol–water partition coefficient (Wildman–Crippen LogP) is 3.53. The molecule has 2 N–H and O–H groups in total. The van der Waals surface area contributed by atoms with E-state index in [-0.39, 0.29) is 21.4 Å². The largest absolute Gasteiger partial charge is 0.279 e. The van der Waals surface area contributed by atoms with Crippen molar-refractivity contribution in [3.05, 3.63) is 50.2 Å². The summed E-state index contributed by atoms with van der Waals surface area (Å²) in [7, 11) is -3.81. The molecule has 0 bridgehead atoms. The number of hydrogen-bond donors (Lipinski definition) is 2. The number of nitrogens with one attached hydrogen (secondary N) is 2. The lowest BCUT2D eigenvalue weighted by Crippen LogP contribution is -2.41. The number of carbonyl (C=O) groups excluding carboxylic acids is 2. The molecular weight excluding hydrogens is 458 g/mol. The van der Waals surface area contributed by atoms with Gasteiger partial charge >= 0.3 is 0 Å². The number of sulfonamides is 1. The first-order valence-corrected chi connectivity index (χ1v) is 13.0. The number of thiophene rings is 1. The van der Waals surface area contributed by atoms with Crippen LogP contribution >= 0.6 is 22.9 Å². The Kier molecular flexibility index (Phi) is 6.66. The maximum atomic E-state index is 13.1. The maximum Gasteiger partial charge on any atom is 0.279 e. The van der Waals surface area contributed by atoms with Crippen LogP contribution in [0.2, 0.25) is 5.02 Å². The fourth-order valence-electron chi connectivity index (χ4n) is 3.95.